The zero-order valence-corrected chi connectivity index (χ0v) is 11.3. The summed E-state index contributed by atoms with van der Waals surface area (Å²) in [6.45, 7) is 3.44. The van der Waals surface area contributed by atoms with Gasteiger partial charge in [0, 0.05) is 18.2 Å². The molecule has 0 spiro atoms. The summed E-state index contributed by atoms with van der Waals surface area (Å²) in [5.41, 5.74) is 8.10. The van der Waals surface area contributed by atoms with Crippen LogP contribution in [0.25, 0.3) is 0 Å². The van der Waals surface area contributed by atoms with Gasteiger partial charge in [0.2, 0.25) is 0 Å². The number of ether oxygens (including phenoxy) is 2. The Labute approximate surface area is 109 Å². The molecule has 2 rings (SSSR count). The van der Waals surface area contributed by atoms with Gasteiger partial charge < -0.3 is 15.2 Å². The Balaban J connectivity index is 1.92. The van der Waals surface area contributed by atoms with E-state index in [1.165, 1.54) is 19.3 Å². The maximum absolute atomic E-state index is 5.90. The molecule has 0 radical (unpaired) electrons. The lowest BCUT2D eigenvalue weighted by atomic mass is 10.1. The van der Waals surface area contributed by atoms with Gasteiger partial charge in [0.05, 0.1) is 13.7 Å². The van der Waals surface area contributed by atoms with Crippen LogP contribution < -0.4 is 10.5 Å². The molecule has 100 valence electrons. The molecule has 3 heteroatoms. The van der Waals surface area contributed by atoms with Crippen LogP contribution in [0.2, 0.25) is 0 Å². The Morgan fingerprint density at radius 3 is 2.78 bits per heavy atom. The van der Waals surface area contributed by atoms with Gasteiger partial charge in [0.1, 0.15) is 5.75 Å². The maximum atomic E-state index is 5.90. The van der Waals surface area contributed by atoms with Crippen LogP contribution in [0.4, 0.5) is 0 Å². The van der Waals surface area contributed by atoms with Crippen molar-refractivity contribution in [2.24, 2.45) is 11.7 Å². The van der Waals surface area contributed by atoms with Crippen LogP contribution >= 0.6 is 0 Å². The van der Waals surface area contributed by atoms with Gasteiger partial charge in [0.25, 0.3) is 0 Å². The lowest BCUT2D eigenvalue weighted by Gasteiger charge is -2.13. The number of hydrogen-bond acceptors (Lipinski definition) is 3. The van der Waals surface area contributed by atoms with Gasteiger partial charge >= 0.3 is 0 Å². The summed E-state index contributed by atoms with van der Waals surface area (Å²) in [6, 6.07) is 6.11. The third-order valence-corrected chi connectivity index (χ3v) is 3.46. The van der Waals surface area contributed by atoms with Crippen LogP contribution in [0.5, 0.6) is 5.75 Å². The SMILES string of the molecule is COc1ccc(C(C)N)cc1COCCC1CC1. The predicted octanol–water partition coefficient (Wildman–Crippen LogP) is 3.03. The van der Waals surface area contributed by atoms with Gasteiger partial charge in [-0.3, -0.25) is 0 Å². The second-order valence-corrected chi connectivity index (χ2v) is 5.14. The molecule has 0 bridgehead atoms. The van der Waals surface area contributed by atoms with Gasteiger partial charge in [-0.1, -0.05) is 18.9 Å². The summed E-state index contributed by atoms with van der Waals surface area (Å²) in [6.07, 6.45) is 3.95. The van der Waals surface area contributed by atoms with E-state index >= 15 is 0 Å². The zero-order chi connectivity index (χ0) is 13.0. The second-order valence-electron chi connectivity index (χ2n) is 5.14. The third-order valence-electron chi connectivity index (χ3n) is 3.46. The smallest absolute Gasteiger partial charge is 0.124 e. The van der Waals surface area contributed by atoms with Crippen molar-refractivity contribution in [2.45, 2.75) is 38.8 Å². The average Bonchev–Trinajstić information content (AvgIpc) is 3.18. The van der Waals surface area contributed by atoms with Crippen molar-refractivity contribution in [3.63, 3.8) is 0 Å². The van der Waals surface area contributed by atoms with E-state index in [4.69, 9.17) is 15.2 Å². The first-order valence-corrected chi connectivity index (χ1v) is 6.71. The largest absolute Gasteiger partial charge is 0.496 e. The van der Waals surface area contributed by atoms with Crippen LogP contribution in [0.15, 0.2) is 18.2 Å². The number of rotatable bonds is 7. The lowest BCUT2D eigenvalue weighted by Crippen LogP contribution is -2.06. The van der Waals surface area contributed by atoms with Crippen LogP contribution in [-0.2, 0) is 11.3 Å². The van der Waals surface area contributed by atoms with Crippen molar-refractivity contribution < 1.29 is 9.47 Å². The molecule has 0 aromatic heterocycles. The minimum absolute atomic E-state index is 0.0427. The van der Waals surface area contributed by atoms with E-state index in [-0.39, 0.29) is 6.04 Å². The summed E-state index contributed by atoms with van der Waals surface area (Å²) in [5, 5.41) is 0. The average molecular weight is 249 g/mol. The van der Waals surface area contributed by atoms with Crippen molar-refractivity contribution in [3.05, 3.63) is 29.3 Å². The standard InChI is InChI=1S/C15H23NO2/c1-11(16)13-5-6-15(17-2)14(9-13)10-18-8-7-12-3-4-12/h5-6,9,11-12H,3-4,7-8,10,16H2,1-2H3. The van der Waals surface area contributed by atoms with E-state index in [0.29, 0.717) is 6.61 Å². The molecule has 1 aromatic rings. The predicted molar refractivity (Wildman–Crippen MR) is 72.6 cm³/mol. The lowest BCUT2D eigenvalue weighted by molar-refractivity contribution is 0.113. The van der Waals surface area contributed by atoms with Gasteiger partial charge in [-0.15, -0.1) is 0 Å². The van der Waals surface area contributed by atoms with E-state index in [2.05, 4.69) is 6.07 Å². The summed E-state index contributed by atoms with van der Waals surface area (Å²) in [5.74, 6) is 1.80. The van der Waals surface area contributed by atoms with Gasteiger partial charge in [0.15, 0.2) is 0 Å². The molecule has 1 unspecified atom stereocenters. The van der Waals surface area contributed by atoms with E-state index in [0.717, 1.165) is 29.4 Å². The molecule has 1 atom stereocenters. The molecule has 18 heavy (non-hydrogen) atoms. The summed E-state index contributed by atoms with van der Waals surface area (Å²) < 4.78 is 11.1. The van der Waals surface area contributed by atoms with Gasteiger partial charge in [-0.25, -0.2) is 0 Å². The highest BCUT2D eigenvalue weighted by Gasteiger charge is 2.20. The Morgan fingerprint density at radius 1 is 1.39 bits per heavy atom. The molecule has 3 nitrogen and oxygen atoms in total. The minimum Gasteiger partial charge on any atom is -0.496 e. The summed E-state index contributed by atoms with van der Waals surface area (Å²) >= 11 is 0. The van der Waals surface area contributed by atoms with Gasteiger partial charge in [-0.05, 0) is 37.0 Å². The second kappa shape index (κ2) is 6.21. The van der Waals surface area contributed by atoms with Crippen molar-refractivity contribution in [1.29, 1.82) is 0 Å². The van der Waals surface area contributed by atoms with Crippen molar-refractivity contribution in [2.75, 3.05) is 13.7 Å². The number of hydrogen-bond donors (Lipinski definition) is 1. The van der Waals surface area contributed by atoms with Crippen molar-refractivity contribution >= 4 is 0 Å². The monoisotopic (exact) mass is 249 g/mol. The van der Waals surface area contributed by atoms with E-state index < -0.39 is 0 Å². The topological polar surface area (TPSA) is 44.5 Å². The Hall–Kier alpha value is -1.06. The van der Waals surface area contributed by atoms with Crippen LogP contribution in [-0.4, -0.2) is 13.7 Å². The molecular weight excluding hydrogens is 226 g/mol. The van der Waals surface area contributed by atoms with Crippen LogP contribution in [0.3, 0.4) is 0 Å². The number of benzene rings is 1. The molecule has 1 saturated carbocycles. The normalized spacial score (nSPS) is 16.6. The summed E-state index contributed by atoms with van der Waals surface area (Å²) in [4.78, 5) is 0. The first-order chi connectivity index (χ1) is 8.70. The zero-order valence-electron chi connectivity index (χ0n) is 11.3. The van der Waals surface area contributed by atoms with Crippen molar-refractivity contribution in [1.82, 2.24) is 0 Å². The van der Waals surface area contributed by atoms with E-state index in [1.54, 1.807) is 7.11 Å². The summed E-state index contributed by atoms with van der Waals surface area (Å²) in [7, 11) is 1.69. The Bertz CT molecular complexity index is 386. The third kappa shape index (κ3) is 3.72. The Kier molecular flexibility index (Phi) is 4.61. The minimum atomic E-state index is 0.0427. The van der Waals surface area contributed by atoms with Crippen molar-refractivity contribution in [3.8, 4) is 5.75 Å². The first-order valence-electron chi connectivity index (χ1n) is 6.71. The van der Waals surface area contributed by atoms with Crippen LogP contribution in [0.1, 0.15) is 43.4 Å². The Morgan fingerprint density at radius 2 is 2.17 bits per heavy atom. The number of methoxy groups -OCH3 is 1. The molecule has 1 aliphatic rings. The molecule has 0 amide bonds. The highest BCUT2D eigenvalue weighted by Crippen LogP contribution is 2.32. The molecule has 2 N–H and O–H groups in total. The molecule has 0 saturated heterocycles. The van der Waals surface area contributed by atoms with E-state index in [1.807, 2.05) is 19.1 Å². The molecule has 0 aliphatic heterocycles. The van der Waals surface area contributed by atoms with Crippen LogP contribution in [0, 0.1) is 5.92 Å². The molecule has 1 fully saturated rings. The molecular formula is C15H23NO2. The fourth-order valence-electron chi connectivity index (χ4n) is 2.03. The fourth-order valence-corrected chi connectivity index (χ4v) is 2.03. The molecule has 0 heterocycles. The number of nitrogens with two attached hydrogens (primary N) is 1. The quantitative estimate of drug-likeness (QED) is 0.755. The first kappa shape index (κ1) is 13.4. The maximum Gasteiger partial charge on any atom is 0.124 e. The van der Waals surface area contributed by atoms with E-state index in [9.17, 15) is 0 Å². The highest BCUT2D eigenvalue weighted by molar-refractivity contribution is 5.37. The molecule has 1 aromatic carbocycles. The van der Waals surface area contributed by atoms with Gasteiger partial charge in [-0.2, -0.15) is 0 Å². The fraction of sp³-hybridized carbons (Fsp3) is 0.600. The molecule has 1 aliphatic carbocycles. The highest BCUT2D eigenvalue weighted by atomic mass is 16.5.